The largest absolute Gasteiger partial charge is 0.311 e. The molecule has 0 aromatic heterocycles. The van der Waals surface area contributed by atoms with Crippen LogP contribution in [-0.2, 0) is 0 Å². The van der Waals surface area contributed by atoms with Crippen molar-refractivity contribution >= 4 is 60.2 Å². The summed E-state index contributed by atoms with van der Waals surface area (Å²) in [5.74, 6) is 0. The van der Waals surface area contributed by atoms with Gasteiger partial charge in [-0.1, -0.05) is 218 Å². The van der Waals surface area contributed by atoms with Crippen molar-refractivity contribution in [1.29, 1.82) is 0 Å². The van der Waals surface area contributed by atoms with Crippen molar-refractivity contribution < 1.29 is 11.0 Å². The van der Waals surface area contributed by atoms with E-state index in [4.69, 9.17) is 0 Å². The van der Waals surface area contributed by atoms with E-state index in [1.54, 1.807) is 12.1 Å². The fourth-order valence-corrected chi connectivity index (χ4v) is 9.16. The molecular formula is C64H43N. The van der Waals surface area contributed by atoms with Gasteiger partial charge >= 0.3 is 0 Å². The molecule has 0 amide bonds. The van der Waals surface area contributed by atoms with Gasteiger partial charge in [0.2, 0.25) is 0 Å². The number of benzene rings is 12. The van der Waals surface area contributed by atoms with Crippen molar-refractivity contribution in [3.8, 4) is 55.6 Å². The minimum atomic E-state index is -0.404. The van der Waals surface area contributed by atoms with Gasteiger partial charge in [0.25, 0.3) is 0 Å². The lowest BCUT2D eigenvalue weighted by atomic mass is 9.89. The molecule has 0 aliphatic carbocycles. The Hall–Kier alpha value is -8.52. The SMILES string of the molecule is [2H]c1c([2H])c(N(c2ccc(-c3ccc4c(ccc5ccccc54)c3)cc2)c2c([2H])c([2H])c(-c3c(-c4ccccc4)ccc4ccccc34)c([2H])c2[2H])c([2H])c([2H])c1-c1ccc(-c2cccc3ccccc23)cc1. The van der Waals surface area contributed by atoms with Gasteiger partial charge in [-0.25, -0.2) is 0 Å². The van der Waals surface area contributed by atoms with Gasteiger partial charge in [0, 0.05) is 17.1 Å². The fourth-order valence-electron chi connectivity index (χ4n) is 9.16. The Morgan fingerprint density at radius 1 is 0.246 bits per heavy atom. The van der Waals surface area contributed by atoms with Gasteiger partial charge in [-0.3, -0.25) is 0 Å². The Bertz CT molecular complexity index is 4110. The molecule has 1 nitrogen and oxygen atoms in total. The lowest BCUT2D eigenvalue weighted by Crippen LogP contribution is -2.09. The molecular weight excluding hydrogens is 783 g/mol. The topological polar surface area (TPSA) is 3.24 Å². The summed E-state index contributed by atoms with van der Waals surface area (Å²) in [6, 6.07) is 66.3. The van der Waals surface area contributed by atoms with E-state index in [2.05, 4.69) is 66.7 Å². The predicted octanol–water partition coefficient (Wildman–Crippen LogP) is 18.1. The van der Waals surface area contributed by atoms with E-state index in [0.717, 1.165) is 76.5 Å². The van der Waals surface area contributed by atoms with Crippen LogP contribution in [0.1, 0.15) is 11.0 Å². The van der Waals surface area contributed by atoms with Crippen LogP contribution < -0.4 is 4.90 Å². The fraction of sp³-hybridized carbons (Fsp3) is 0. The molecule has 65 heavy (non-hydrogen) atoms. The van der Waals surface area contributed by atoms with E-state index in [1.807, 2.05) is 133 Å². The molecule has 0 saturated heterocycles. The second kappa shape index (κ2) is 16.3. The van der Waals surface area contributed by atoms with Crippen LogP contribution in [0.15, 0.2) is 261 Å². The number of hydrogen-bond acceptors (Lipinski definition) is 1. The molecule has 12 aromatic carbocycles. The Morgan fingerprint density at radius 2 is 0.723 bits per heavy atom. The Morgan fingerprint density at radius 3 is 1.45 bits per heavy atom. The molecule has 0 unspecified atom stereocenters. The number of hydrogen-bond donors (Lipinski definition) is 0. The third-order valence-corrected chi connectivity index (χ3v) is 12.4. The second-order valence-electron chi connectivity index (χ2n) is 16.2. The minimum Gasteiger partial charge on any atom is -0.311 e. The van der Waals surface area contributed by atoms with Crippen LogP contribution in [-0.4, -0.2) is 0 Å². The summed E-state index contributed by atoms with van der Waals surface area (Å²) >= 11 is 0. The second-order valence-corrected chi connectivity index (χ2v) is 16.2. The third-order valence-electron chi connectivity index (χ3n) is 12.4. The quantitative estimate of drug-likeness (QED) is 0.138. The van der Waals surface area contributed by atoms with Crippen molar-refractivity contribution in [3.05, 3.63) is 261 Å². The smallest absolute Gasteiger partial charge is 0.0645 e. The molecule has 0 N–H and O–H groups in total. The van der Waals surface area contributed by atoms with Gasteiger partial charge in [-0.15, -0.1) is 0 Å². The summed E-state index contributed by atoms with van der Waals surface area (Å²) in [6.07, 6.45) is 0. The summed E-state index contributed by atoms with van der Waals surface area (Å²) in [4.78, 5) is 1.37. The molecule has 0 atom stereocenters. The molecule has 0 heterocycles. The maximum atomic E-state index is 9.86. The van der Waals surface area contributed by atoms with Crippen LogP contribution in [0.4, 0.5) is 17.1 Å². The van der Waals surface area contributed by atoms with Crippen LogP contribution in [0.3, 0.4) is 0 Å². The van der Waals surface area contributed by atoms with Crippen molar-refractivity contribution in [2.75, 3.05) is 4.90 Å². The third kappa shape index (κ3) is 7.10. The summed E-state index contributed by atoms with van der Waals surface area (Å²) in [6.45, 7) is 0. The van der Waals surface area contributed by atoms with E-state index >= 15 is 0 Å². The predicted molar refractivity (Wildman–Crippen MR) is 278 cm³/mol. The summed E-state index contributed by atoms with van der Waals surface area (Å²) in [7, 11) is 0. The van der Waals surface area contributed by atoms with Crippen molar-refractivity contribution in [2.24, 2.45) is 0 Å². The normalized spacial score (nSPS) is 13.1. The first-order valence-electron chi connectivity index (χ1n) is 25.8. The van der Waals surface area contributed by atoms with Crippen LogP contribution in [0.5, 0.6) is 0 Å². The van der Waals surface area contributed by atoms with Crippen LogP contribution in [0.2, 0.25) is 0 Å². The Labute approximate surface area is 391 Å². The Kier molecular flexibility index (Phi) is 7.66. The van der Waals surface area contributed by atoms with Crippen LogP contribution >= 0.6 is 0 Å². The van der Waals surface area contributed by atoms with E-state index in [0.29, 0.717) is 16.8 Å². The molecule has 1 heteroatoms. The molecule has 304 valence electrons. The first kappa shape index (κ1) is 30.5. The summed E-state index contributed by atoms with van der Waals surface area (Å²) < 4.78 is 77.9. The molecule has 0 radical (unpaired) electrons. The van der Waals surface area contributed by atoms with E-state index in [9.17, 15) is 11.0 Å². The molecule has 0 bridgehead atoms. The highest BCUT2D eigenvalue weighted by molar-refractivity contribution is 6.09. The van der Waals surface area contributed by atoms with Crippen molar-refractivity contribution in [3.63, 3.8) is 0 Å². The maximum Gasteiger partial charge on any atom is 0.0645 e. The first-order chi connectivity index (χ1) is 35.6. The number of fused-ring (bicyclic) bond motifs is 5. The summed E-state index contributed by atoms with van der Waals surface area (Å²) in [5, 5.41) is 8.31. The van der Waals surface area contributed by atoms with Gasteiger partial charge in [0.05, 0.1) is 11.0 Å². The van der Waals surface area contributed by atoms with Gasteiger partial charge < -0.3 is 4.90 Å². The number of rotatable bonds is 8. The Balaban J connectivity index is 1.04. The van der Waals surface area contributed by atoms with Crippen molar-refractivity contribution in [1.82, 2.24) is 0 Å². The standard InChI is InChI=1S/C64H43N/c1-2-11-48(12-3-1)63-42-33-50-15-6-9-19-62(50)64(63)52-31-39-57(40-32-52)65(56-37-29-46(30-38-56)53-34-41-61-54(43-53)26-25-49-14-5-8-18-59(49)61)55-35-27-45(28-36-55)44-21-23-51(24-22-44)60-20-10-16-47-13-4-7-17-58(47)60/h1-43H/i27D,28D,31D,32D,35D,36D,39D,40D. The van der Waals surface area contributed by atoms with Gasteiger partial charge in [-0.05, 0) is 141 Å². The first-order valence-corrected chi connectivity index (χ1v) is 21.8. The molecule has 0 fully saturated rings. The molecule has 12 aromatic rings. The van der Waals surface area contributed by atoms with Crippen LogP contribution in [0, 0.1) is 0 Å². The minimum absolute atomic E-state index is 0.0990. The molecule has 12 rings (SSSR count). The highest BCUT2D eigenvalue weighted by Crippen LogP contribution is 2.42. The molecule has 0 spiro atoms. The van der Waals surface area contributed by atoms with E-state index in [1.165, 1.54) is 4.90 Å². The average Bonchev–Trinajstić information content (AvgIpc) is 3.44. The van der Waals surface area contributed by atoms with Gasteiger partial charge in [0.15, 0.2) is 0 Å². The van der Waals surface area contributed by atoms with Gasteiger partial charge in [0.1, 0.15) is 0 Å². The van der Waals surface area contributed by atoms with Gasteiger partial charge in [-0.2, -0.15) is 0 Å². The average molecular weight is 834 g/mol. The number of anilines is 3. The monoisotopic (exact) mass is 833 g/mol. The van der Waals surface area contributed by atoms with Crippen LogP contribution in [0.25, 0.3) is 98.7 Å². The van der Waals surface area contributed by atoms with Crippen molar-refractivity contribution in [2.45, 2.75) is 0 Å². The maximum absolute atomic E-state index is 9.86. The zero-order valence-electron chi connectivity index (χ0n) is 43.2. The molecule has 0 aliphatic heterocycles. The highest BCUT2D eigenvalue weighted by atomic mass is 15.1. The summed E-state index contributed by atoms with van der Waals surface area (Å²) in [5.41, 5.74) is 6.50. The molecule has 0 aliphatic rings. The highest BCUT2D eigenvalue weighted by Gasteiger charge is 2.17. The molecule has 0 saturated carbocycles. The lowest BCUT2D eigenvalue weighted by molar-refractivity contribution is 1.28. The van der Waals surface area contributed by atoms with E-state index in [-0.39, 0.29) is 46.7 Å². The lowest BCUT2D eigenvalue weighted by Gasteiger charge is -2.26. The van der Waals surface area contributed by atoms with E-state index < -0.39 is 24.2 Å². The zero-order valence-corrected chi connectivity index (χ0v) is 35.2. The number of nitrogens with zero attached hydrogens (tertiary/aromatic N) is 1. The zero-order chi connectivity index (χ0) is 50.1.